The van der Waals surface area contributed by atoms with E-state index >= 15 is 0 Å². The van der Waals surface area contributed by atoms with Crippen LogP contribution in [0.5, 0.6) is 0 Å². The number of hydrogen-bond donors (Lipinski definition) is 3. The highest BCUT2D eigenvalue weighted by atomic mass is 16.2. The maximum atomic E-state index is 12.5. The molecule has 0 bridgehead atoms. The summed E-state index contributed by atoms with van der Waals surface area (Å²) >= 11 is 0. The van der Waals surface area contributed by atoms with Crippen molar-refractivity contribution in [2.75, 3.05) is 16.0 Å². The number of nitrogens with zero attached hydrogens (tertiary/aromatic N) is 3. The van der Waals surface area contributed by atoms with E-state index in [2.05, 4.69) is 44.1 Å². The molecule has 0 saturated carbocycles. The number of benzene rings is 2. The van der Waals surface area contributed by atoms with Crippen LogP contribution in [0.4, 0.5) is 17.8 Å². The zero-order valence-corrected chi connectivity index (χ0v) is 17.5. The van der Waals surface area contributed by atoms with Gasteiger partial charge in [0.05, 0.1) is 0 Å². The summed E-state index contributed by atoms with van der Waals surface area (Å²) < 4.78 is 0. The highest BCUT2D eigenvalue weighted by Crippen LogP contribution is 2.13. The molecule has 0 spiro atoms. The molecule has 33 heavy (non-hydrogen) atoms. The molecule has 3 N–H and O–H groups in total. The summed E-state index contributed by atoms with van der Waals surface area (Å²) in [5.74, 6) is -2.01. The summed E-state index contributed by atoms with van der Waals surface area (Å²) in [4.78, 5) is 49.7. The molecule has 0 aliphatic rings. The van der Waals surface area contributed by atoms with Gasteiger partial charge >= 0.3 is 0 Å². The lowest BCUT2D eigenvalue weighted by atomic mass is 10.2. The van der Waals surface area contributed by atoms with E-state index in [-0.39, 0.29) is 23.4 Å². The standard InChI is InChI=1S/C24H20N6O3/c1-3-11-16(4-2)19(31)25-22-28-23(26-20(32)17-12-7-5-8-13-17)30-24(29-22)27-21(33)18-14-9-6-10-15-18/h3-15H,1-2H2,(H3,25,26,27,28,29,30,31,32,33)/b16-11+. The Morgan fingerprint density at radius 1 is 0.667 bits per heavy atom. The Morgan fingerprint density at radius 3 is 1.48 bits per heavy atom. The van der Waals surface area contributed by atoms with Gasteiger partial charge in [-0.3, -0.25) is 30.3 Å². The van der Waals surface area contributed by atoms with E-state index in [1.54, 1.807) is 60.7 Å². The lowest BCUT2D eigenvalue weighted by molar-refractivity contribution is -0.112. The molecule has 0 radical (unpaired) electrons. The molecule has 9 heteroatoms. The van der Waals surface area contributed by atoms with Crippen molar-refractivity contribution in [1.29, 1.82) is 0 Å². The normalized spacial score (nSPS) is 10.6. The second kappa shape index (κ2) is 10.9. The largest absolute Gasteiger partial charge is 0.290 e. The molecule has 0 aliphatic heterocycles. The molecule has 9 nitrogen and oxygen atoms in total. The maximum Gasteiger partial charge on any atom is 0.258 e. The molecule has 3 amide bonds. The summed E-state index contributed by atoms with van der Waals surface area (Å²) in [5.41, 5.74) is 0.970. The van der Waals surface area contributed by atoms with Crippen LogP contribution in [0.25, 0.3) is 0 Å². The summed E-state index contributed by atoms with van der Waals surface area (Å²) in [7, 11) is 0. The van der Waals surface area contributed by atoms with Gasteiger partial charge in [0.1, 0.15) is 0 Å². The van der Waals surface area contributed by atoms with Gasteiger partial charge in [-0.1, -0.05) is 67.8 Å². The molecule has 0 unspecified atom stereocenters. The summed E-state index contributed by atoms with van der Waals surface area (Å²) in [6.45, 7) is 7.13. The number of carbonyl (C=O) groups excluding carboxylic acids is 3. The van der Waals surface area contributed by atoms with Crippen LogP contribution in [0, 0.1) is 0 Å². The Hall–Kier alpha value is -4.92. The van der Waals surface area contributed by atoms with Gasteiger partial charge in [-0.2, -0.15) is 15.0 Å². The highest BCUT2D eigenvalue weighted by molar-refractivity contribution is 6.06. The zero-order chi connectivity index (χ0) is 23.6. The molecule has 0 aliphatic carbocycles. The molecular formula is C24H20N6O3. The Bertz CT molecular complexity index is 1150. The van der Waals surface area contributed by atoms with E-state index in [0.29, 0.717) is 11.1 Å². The number of aromatic nitrogens is 3. The van der Waals surface area contributed by atoms with Crippen molar-refractivity contribution in [3.05, 3.63) is 109 Å². The molecule has 0 saturated heterocycles. The van der Waals surface area contributed by atoms with E-state index in [0.717, 1.165) is 0 Å². The van der Waals surface area contributed by atoms with Crippen LogP contribution in [-0.4, -0.2) is 32.7 Å². The molecule has 1 heterocycles. The SMILES string of the molecule is C=C/C=C(\C=C)C(=O)Nc1nc(NC(=O)c2ccccc2)nc(NC(=O)c2ccccc2)n1. The number of nitrogens with one attached hydrogen (secondary N) is 3. The van der Waals surface area contributed by atoms with Crippen molar-refractivity contribution in [3.63, 3.8) is 0 Å². The maximum absolute atomic E-state index is 12.5. The average Bonchev–Trinajstić information content (AvgIpc) is 2.83. The fraction of sp³-hybridized carbons (Fsp3) is 0. The Kier molecular flexibility index (Phi) is 7.53. The van der Waals surface area contributed by atoms with Crippen LogP contribution in [0.15, 0.2) is 97.6 Å². The zero-order valence-electron chi connectivity index (χ0n) is 17.5. The van der Waals surface area contributed by atoms with Crippen molar-refractivity contribution in [1.82, 2.24) is 15.0 Å². The van der Waals surface area contributed by atoms with E-state index in [1.807, 2.05) is 0 Å². The van der Waals surface area contributed by atoms with Gasteiger partial charge in [0, 0.05) is 16.7 Å². The minimum absolute atomic E-state index is 0.162. The number of rotatable bonds is 8. The Labute approximate surface area is 190 Å². The van der Waals surface area contributed by atoms with Crippen molar-refractivity contribution in [2.45, 2.75) is 0 Å². The van der Waals surface area contributed by atoms with Crippen molar-refractivity contribution < 1.29 is 14.4 Å². The third kappa shape index (κ3) is 6.28. The van der Waals surface area contributed by atoms with Crippen molar-refractivity contribution in [2.24, 2.45) is 0 Å². The van der Waals surface area contributed by atoms with Gasteiger partial charge in [0.25, 0.3) is 17.7 Å². The topological polar surface area (TPSA) is 126 Å². The van der Waals surface area contributed by atoms with Crippen LogP contribution in [0.1, 0.15) is 20.7 Å². The van der Waals surface area contributed by atoms with Crippen LogP contribution in [0.3, 0.4) is 0 Å². The number of amides is 3. The van der Waals surface area contributed by atoms with Gasteiger partial charge in [-0.15, -0.1) is 0 Å². The highest BCUT2D eigenvalue weighted by Gasteiger charge is 2.16. The second-order valence-electron chi connectivity index (χ2n) is 6.46. The van der Waals surface area contributed by atoms with Crippen LogP contribution in [-0.2, 0) is 4.79 Å². The molecule has 0 fully saturated rings. The monoisotopic (exact) mass is 440 g/mol. The smallest absolute Gasteiger partial charge is 0.258 e. The molecule has 0 atom stereocenters. The predicted molar refractivity (Wildman–Crippen MR) is 126 cm³/mol. The number of anilines is 3. The van der Waals surface area contributed by atoms with E-state index in [4.69, 9.17) is 0 Å². The first kappa shape index (κ1) is 22.8. The lowest BCUT2D eigenvalue weighted by Gasteiger charge is -2.10. The first-order valence-corrected chi connectivity index (χ1v) is 9.75. The first-order chi connectivity index (χ1) is 16.0. The molecule has 1 aromatic heterocycles. The summed E-state index contributed by atoms with van der Waals surface area (Å²) in [6.07, 6.45) is 4.23. The minimum atomic E-state index is -0.559. The summed E-state index contributed by atoms with van der Waals surface area (Å²) in [5, 5.41) is 7.57. The fourth-order valence-corrected chi connectivity index (χ4v) is 2.61. The molecule has 2 aromatic carbocycles. The van der Waals surface area contributed by atoms with Gasteiger partial charge in [-0.25, -0.2) is 0 Å². The van der Waals surface area contributed by atoms with Crippen molar-refractivity contribution in [3.8, 4) is 0 Å². The predicted octanol–water partition coefficient (Wildman–Crippen LogP) is 3.61. The number of carbonyl (C=O) groups is 3. The molecule has 3 aromatic rings. The van der Waals surface area contributed by atoms with E-state index in [9.17, 15) is 14.4 Å². The number of allylic oxidation sites excluding steroid dienone is 2. The first-order valence-electron chi connectivity index (χ1n) is 9.75. The molecular weight excluding hydrogens is 420 g/mol. The Morgan fingerprint density at radius 2 is 1.09 bits per heavy atom. The third-order valence-corrected chi connectivity index (χ3v) is 4.16. The van der Waals surface area contributed by atoms with Gasteiger partial charge in [0.2, 0.25) is 17.8 Å². The van der Waals surface area contributed by atoms with Crippen molar-refractivity contribution >= 4 is 35.6 Å². The fourth-order valence-electron chi connectivity index (χ4n) is 2.61. The van der Waals surface area contributed by atoms with Crippen LogP contribution >= 0.6 is 0 Å². The molecule has 164 valence electrons. The van der Waals surface area contributed by atoms with Gasteiger partial charge in [0.15, 0.2) is 0 Å². The molecule has 3 rings (SSSR count). The quantitative estimate of drug-likeness (QED) is 0.363. The Balaban J connectivity index is 1.90. The summed E-state index contributed by atoms with van der Waals surface area (Å²) in [6, 6.07) is 16.9. The van der Waals surface area contributed by atoms with E-state index in [1.165, 1.54) is 18.2 Å². The third-order valence-electron chi connectivity index (χ3n) is 4.16. The number of hydrogen-bond acceptors (Lipinski definition) is 6. The van der Waals surface area contributed by atoms with Crippen LogP contribution in [0.2, 0.25) is 0 Å². The minimum Gasteiger partial charge on any atom is -0.290 e. The van der Waals surface area contributed by atoms with Crippen LogP contribution < -0.4 is 16.0 Å². The second-order valence-corrected chi connectivity index (χ2v) is 6.46. The van der Waals surface area contributed by atoms with E-state index < -0.39 is 17.7 Å². The van der Waals surface area contributed by atoms with Gasteiger partial charge < -0.3 is 0 Å². The average molecular weight is 440 g/mol. The van der Waals surface area contributed by atoms with Gasteiger partial charge in [-0.05, 0) is 24.3 Å². The lowest BCUT2D eigenvalue weighted by Crippen LogP contribution is -2.21.